The van der Waals surface area contributed by atoms with Crippen LogP contribution in [-0.4, -0.2) is 56.6 Å². The lowest BCUT2D eigenvalue weighted by molar-refractivity contribution is 0.323. The van der Waals surface area contributed by atoms with Crippen molar-refractivity contribution in [1.82, 2.24) is 9.21 Å². The van der Waals surface area contributed by atoms with E-state index < -0.39 is 10.0 Å². The zero-order valence-corrected chi connectivity index (χ0v) is 11.6. The van der Waals surface area contributed by atoms with Gasteiger partial charge in [0, 0.05) is 26.2 Å². The van der Waals surface area contributed by atoms with Crippen molar-refractivity contribution in [2.24, 2.45) is 5.92 Å². The van der Waals surface area contributed by atoms with Crippen LogP contribution in [0.25, 0.3) is 0 Å². The SMILES string of the molecule is CN(CCS(=O)(=O)N1CCCCC1)CC1CC1. The first-order chi connectivity index (χ1) is 8.08. The highest BCUT2D eigenvalue weighted by atomic mass is 32.2. The van der Waals surface area contributed by atoms with Gasteiger partial charge in [-0.05, 0) is 38.6 Å². The molecule has 0 aromatic rings. The normalized spacial score (nSPS) is 23.2. The number of rotatable bonds is 6. The Morgan fingerprint density at radius 2 is 1.82 bits per heavy atom. The number of hydrogen-bond donors (Lipinski definition) is 0. The van der Waals surface area contributed by atoms with Gasteiger partial charge in [-0.3, -0.25) is 0 Å². The van der Waals surface area contributed by atoms with Gasteiger partial charge in [0.25, 0.3) is 0 Å². The second-order valence-corrected chi connectivity index (χ2v) is 7.57. The summed E-state index contributed by atoms with van der Waals surface area (Å²) in [5.74, 6) is 1.12. The van der Waals surface area contributed by atoms with Crippen molar-refractivity contribution < 1.29 is 8.42 Å². The van der Waals surface area contributed by atoms with Crippen LogP contribution in [0.1, 0.15) is 32.1 Å². The third-order valence-corrected chi connectivity index (χ3v) is 5.56. The van der Waals surface area contributed by atoms with E-state index in [2.05, 4.69) is 4.90 Å². The van der Waals surface area contributed by atoms with Gasteiger partial charge in [0.15, 0.2) is 0 Å². The van der Waals surface area contributed by atoms with Crippen molar-refractivity contribution >= 4 is 10.0 Å². The van der Waals surface area contributed by atoms with Crippen molar-refractivity contribution in [3.63, 3.8) is 0 Å². The Labute approximate surface area is 105 Å². The molecule has 0 aromatic carbocycles. The van der Waals surface area contributed by atoms with E-state index in [1.165, 1.54) is 19.3 Å². The quantitative estimate of drug-likeness (QED) is 0.719. The molecule has 2 fully saturated rings. The first-order valence-corrected chi connectivity index (χ1v) is 8.35. The van der Waals surface area contributed by atoms with Gasteiger partial charge < -0.3 is 4.90 Å². The fourth-order valence-electron chi connectivity index (χ4n) is 2.38. The molecule has 0 amide bonds. The van der Waals surface area contributed by atoms with E-state index in [-0.39, 0.29) is 5.75 Å². The lowest BCUT2D eigenvalue weighted by Gasteiger charge is -2.27. The first kappa shape index (κ1) is 13.3. The second kappa shape index (κ2) is 5.67. The molecule has 0 atom stereocenters. The van der Waals surface area contributed by atoms with Crippen LogP contribution in [-0.2, 0) is 10.0 Å². The molecule has 0 N–H and O–H groups in total. The highest BCUT2D eigenvalue weighted by Crippen LogP contribution is 2.29. The van der Waals surface area contributed by atoms with Gasteiger partial charge in [0.1, 0.15) is 0 Å². The molecule has 1 saturated heterocycles. The molecule has 2 rings (SSSR count). The average Bonchev–Trinajstić information content (AvgIpc) is 3.12. The van der Waals surface area contributed by atoms with Crippen LogP contribution >= 0.6 is 0 Å². The largest absolute Gasteiger partial charge is 0.305 e. The summed E-state index contributed by atoms with van der Waals surface area (Å²) in [7, 11) is -0.970. The molecular formula is C12H24N2O2S. The molecule has 1 aliphatic carbocycles. The standard InChI is InChI=1S/C12H24N2O2S/c1-13(11-12-5-6-12)9-10-17(15,16)14-7-3-2-4-8-14/h12H,2-11H2,1H3. The lowest BCUT2D eigenvalue weighted by atomic mass is 10.2. The van der Waals surface area contributed by atoms with Crippen molar-refractivity contribution in [2.75, 3.05) is 39.0 Å². The molecule has 0 aromatic heterocycles. The molecule has 0 bridgehead atoms. The molecule has 0 radical (unpaired) electrons. The summed E-state index contributed by atoms with van der Waals surface area (Å²) in [4.78, 5) is 2.17. The fourth-order valence-corrected chi connectivity index (χ4v) is 3.99. The molecule has 1 saturated carbocycles. The molecule has 0 spiro atoms. The minimum absolute atomic E-state index is 0.288. The van der Waals surface area contributed by atoms with Crippen molar-refractivity contribution in [2.45, 2.75) is 32.1 Å². The van der Waals surface area contributed by atoms with Gasteiger partial charge in [-0.1, -0.05) is 6.42 Å². The van der Waals surface area contributed by atoms with Crippen LogP contribution in [0.2, 0.25) is 0 Å². The van der Waals surface area contributed by atoms with E-state index >= 15 is 0 Å². The van der Waals surface area contributed by atoms with Crippen LogP contribution in [0.4, 0.5) is 0 Å². The molecule has 17 heavy (non-hydrogen) atoms. The molecular weight excluding hydrogens is 236 g/mol. The topological polar surface area (TPSA) is 40.6 Å². The summed E-state index contributed by atoms with van der Waals surface area (Å²) in [6.07, 6.45) is 5.87. The molecule has 5 heteroatoms. The monoisotopic (exact) mass is 260 g/mol. The average molecular weight is 260 g/mol. The Bertz CT molecular complexity index is 332. The Morgan fingerprint density at radius 3 is 2.41 bits per heavy atom. The third kappa shape index (κ3) is 4.23. The van der Waals surface area contributed by atoms with Gasteiger partial charge in [-0.25, -0.2) is 12.7 Å². The zero-order chi connectivity index (χ0) is 12.3. The lowest BCUT2D eigenvalue weighted by Crippen LogP contribution is -2.40. The van der Waals surface area contributed by atoms with Gasteiger partial charge >= 0.3 is 0 Å². The molecule has 0 unspecified atom stereocenters. The molecule has 1 heterocycles. The summed E-state index contributed by atoms with van der Waals surface area (Å²) >= 11 is 0. The van der Waals surface area contributed by atoms with E-state index in [4.69, 9.17) is 0 Å². The Kier molecular flexibility index (Phi) is 4.44. The molecule has 1 aliphatic heterocycles. The summed E-state index contributed by atoms with van der Waals surface area (Å²) in [5, 5.41) is 0. The summed E-state index contributed by atoms with van der Waals surface area (Å²) in [6, 6.07) is 0. The minimum atomic E-state index is -3.00. The van der Waals surface area contributed by atoms with Gasteiger partial charge in [-0.2, -0.15) is 0 Å². The highest BCUT2D eigenvalue weighted by molar-refractivity contribution is 7.89. The van der Waals surface area contributed by atoms with E-state index in [0.29, 0.717) is 6.54 Å². The van der Waals surface area contributed by atoms with Crippen molar-refractivity contribution in [3.8, 4) is 0 Å². The molecule has 2 aliphatic rings. The van der Waals surface area contributed by atoms with Gasteiger partial charge in [0.05, 0.1) is 5.75 Å². The zero-order valence-electron chi connectivity index (χ0n) is 10.8. The maximum atomic E-state index is 12.1. The Morgan fingerprint density at radius 1 is 1.18 bits per heavy atom. The molecule has 4 nitrogen and oxygen atoms in total. The Balaban J connectivity index is 1.75. The Hall–Kier alpha value is -0.130. The van der Waals surface area contributed by atoms with Crippen LogP contribution in [0.5, 0.6) is 0 Å². The van der Waals surface area contributed by atoms with E-state index in [1.807, 2.05) is 7.05 Å². The third-order valence-electron chi connectivity index (χ3n) is 3.71. The second-order valence-electron chi connectivity index (χ2n) is 5.48. The number of hydrogen-bond acceptors (Lipinski definition) is 3. The maximum Gasteiger partial charge on any atom is 0.215 e. The smallest absolute Gasteiger partial charge is 0.215 e. The van der Waals surface area contributed by atoms with Gasteiger partial charge in [-0.15, -0.1) is 0 Å². The highest BCUT2D eigenvalue weighted by Gasteiger charge is 2.26. The van der Waals surface area contributed by atoms with Crippen molar-refractivity contribution in [1.29, 1.82) is 0 Å². The van der Waals surface area contributed by atoms with Crippen LogP contribution < -0.4 is 0 Å². The number of piperidine rings is 1. The van der Waals surface area contributed by atoms with Crippen LogP contribution in [0.3, 0.4) is 0 Å². The fraction of sp³-hybridized carbons (Fsp3) is 1.00. The maximum absolute atomic E-state index is 12.1. The predicted octanol–water partition coefficient (Wildman–Crippen LogP) is 1.14. The summed E-state index contributed by atoms with van der Waals surface area (Å²) in [5.41, 5.74) is 0. The van der Waals surface area contributed by atoms with E-state index in [0.717, 1.165) is 38.4 Å². The summed E-state index contributed by atoms with van der Waals surface area (Å²) < 4.78 is 25.9. The molecule has 100 valence electrons. The minimum Gasteiger partial charge on any atom is -0.305 e. The van der Waals surface area contributed by atoms with Crippen molar-refractivity contribution in [3.05, 3.63) is 0 Å². The first-order valence-electron chi connectivity index (χ1n) is 6.74. The van der Waals surface area contributed by atoms with Crippen LogP contribution in [0, 0.1) is 5.92 Å². The van der Waals surface area contributed by atoms with Crippen LogP contribution in [0.15, 0.2) is 0 Å². The van der Waals surface area contributed by atoms with Gasteiger partial charge in [0.2, 0.25) is 10.0 Å². The predicted molar refractivity (Wildman–Crippen MR) is 69.4 cm³/mol. The number of sulfonamides is 1. The number of nitrogens with zero attached hydrogens (tertiary/aromatic N) is 2. The van der Waals surface area contributed by atoms with E-state index in [1.54, 1.807) is 4.31 Å². The van der Waals surface area contributed by atoms with E-state index in [9.17, 15) is 8.42 Å². The summed E-state index contributed by atoms with van der Waals surface area (Å²) in [6.45, 7) is 3.20.